The Morgan fingerprint density at radius 3 is 2.96 bits per heavy atom. The van der Waals surface area contributed by atoms with E-state index >= 15 is 0 Å². The Balaban J connectivity index is 1.33. The third-order valence-corrected chi connectivity index (χ3v) is 6.69. The van der Waals surface area contributed by atoms with Crippen LogP contribution in [0.4, 0.5) is 5.82 Å². The zero-order valence-corrected chi connectivity index (χ0v) is 15.6. The molecule has 2 fully saturated rings. The largest absolute Gasteiger partial charge is 0.367 e. The lowest BCUT2D eigenvalue weighted by molar-refractivity contribution is 0.0716. The molecule has 0 bridgehead atoms. The summed E-state index contributed by atoms with van der Waals surface area (Å²) in [4.78, 5) is 24.3. The molecule has 2 aromatic heterocycles. The molecule has 1 amide bonds. The molecule has 1 aliphatic carbocycles. The molecule has 1 spiro atoms. The highest BCUT2D eigenvalue weighted by Crippen LogP contribution is 2.49. The minimum atomic E-state index is 0.201. The van der Waals surface area contributed by atoms with Crippen molar-refractivity contribution in [2.24, 2.45) is 5.41 Å². The van der Waals surface area contributed by atoms with Crippen LogP contribution >= 0.6 is 11.3 Å². The molecule has 3 heterocycles. The van der Waals surface area contributed by atoms with Crippen molar-refractivity contribution in [1.29, 1.82) is 0 Å². The molecule has 0 unspecified atom stereocenters. The lowest BCUT2D eigenvalue weighted by Crippen LogP contribution is -2.47. The number of thiophene rings is 1. The quantitative estimate of drug-likeness (QED) is 0.906. The number of nitrogens with one attached hydrogen (secondary N) is 1. The van der Waals surface area contributed by atoms with Crippen LogP contribution < -0.4 is 5.32 Å². The van der Waals surface area contributed by atoms with Crippen LogP contribution in [-0.2, 0) is 0 Å². The fraction of sp³-hybridized carbons (Fsp3) is 0.526. The minimum absolute atomic E-state index is 0.201. The third kappa shape index (κ3) is 3.27. The lowest BCUT2D eigenvalue weighted by Gasteiger charge is -2.45. The average molecular weight is 356 g/mol. The van der Waals surface area contributed by atoms with Crippen LogP contribution in [0.5, 0.6) is 0 Å². The van der Waals surface area contributed by atoms with Gasteiger partial charge in [-0.15, -0.1) is 11.3 Å². The van der Waals surface area contributed by atoms with Gasteiger partial charge in [-0.25, -0.2) is 9.97 Å². The number of carbonyl (C=O) groups is 1. The van der Waals surface area contributed by atoms with Crippen LogP contribution in [0.25, 0.3) is 0 Å². The molecule has 1 saturated heterocycles. The standard InChI is InChI=1S/C19H24N4OS/c1-13(2)16-7-14(10-25-16)18(24)23-6-4-19(11-23)8-15(9-19)22-17-3-5-20-12-21-17/h3,5,7,10,12-13,15H,4,6,8-9,11H2,1-2H3,(H,20,21,22). The summed E-state index contributed by atoms with van der Waals surface area (Å²) in [6.07, 6.45) is 6.66. The number of nitrogens with zero attached hydrogens (tertiary/aromatic N) is 3. The van der Waals surface area contributed by atoms with Crippen LogP contribution in [-0.4, -0.2) is 39.9 Å². The fourth-order valence-electron chi connectivity index (χ4n) is 4.06. The molecule has 25 heavy (non-hydrogen) atoms. The molecule has 0 radical (unpaired) electrons. The summed E-state index contributed by atoms with van der Waals surface area (Å²) in [7, 11) is 0. The summed E-state index contributed by atoms with van der Waals surface area (Å²) >= 11 is 1.70. The minimum Gasteiger partial charge on any atom is -0.367 e. The monoisotopic (exact) mass is 356 g/mol. The van der Waals surface area contributed by atoms with Gasteiger partial charge >= 0.3 is 0 Å². The summed E-state index contributed by atoms with van der Waals surface area (Å²) in [5, 5.41) is 5.48. The summed E-state index contributed by atoms with van der Waals surface area (Å²) in [5.74, 6) is 1.57. The highest BCUT2D eigenvalue weighted by molar-refractivity contribution is 7.10. The van der Waals surface area contributed by atoms with Crippen molar-refractivity contribution in [2.45, 2.75) is 45.1 Å². The first-order chi connectivity index (χ1) is 12.0. The number of rotatable bonds is 4. The number of hydrogen-bond acceptors (Lipinski definition) is 5. The highest BCUT2D eigenvalue weighted by atomic mass is 32.1. The summed E-state index contributed by atoms with van der Waals surface area (Å²) in [6, 6.07) is 4.43. The SMILES string of the molecule is CC(C)c1cc(C(=O)N2CCC3(CC(Nc4ccncn4)C3)C2)cs1. The maximum absolute atomic E-state index is 12.8. The Morgan fingerprint density at radius 1 is 1.44 bits per heavy atom. The van der Waals surface area contributed by atoms with Crippen molar-refractivity contribution in [3.8, 4) is 0 Å². The van der Waals surface area contributed by atoms with Gasteiger partial charge in [0, 0.05) is 35.6 Å². The average Bonchev–Trinajstić information content (AvgIpc) is 3.22. The molecule has 132 valence electrons. The van der Waals surface area contributed by atoms with E-state index in [0.29, 0.717) is 17.4 Å². The van der Waals surface area contributed by atoms with Gasteiger partial charge in [-0.3, -0.25) is 4.79 Å². The zero-order chi connectivity index (χ0) is 17.4. The molecule has 0 atom stereocenters. The van der Waals surface area contributed by atoms with Crippen molar-refractivity contribution >= 4 is 23.1 Å². The van der Waals surface area contributed by atoms with E-state index in [1.54, 1.807) is 23.9 Å². The van der Waals surface area contributed by atoms with Gasteiger partial charge in [0.25, 0.3) is 5.91 Å². The Labute approximate surface area is 152 Å². The highest BCUT2D eigenvalue weighted by Gasteiger charge is 2.49. The van der Waals surface area contributed by atoms with Crippen molar-refractivity contribution in [3.63, 3.8) is 0 Å². The molecule has 1 saturated carbocycles. The molecule has 4 rings (SSSR count). The Hall–Kier alpha value is -1.95. The molecule has 2 aliphatic rings. The molecule has 1 aliphatic heterocycles. The number of likely N-dealkylation sites (tertiary alicyclic amines) is 1. The molecular formula is C19H24N4OS. The van der Waals surface area contributed by atoms with Gasteiger partial charge in [0.2, 0.25) is 0 Å². The molecule has 5 nitrogen and oxygen atoms in total. The first kappa shape index (κ1) is 16.5. The van der Waals surface area contributed by atoms with Gasteiger partial charge in [0.05, 0.1) is 5.56 Å². The number of aromatic nitrogens is 2. The zero-order valence-electron chi connectivity index (χ0n) is 14.7. The van der Waals surface area contributed by atoms with Crippen LogP contribution in [0.2, 0.25) is 0 Å². The molecule has 6 heteroatoms. The van der Waals surface area contributed by atoms with E-state index in [1.165, 1.54) is 4.88 Å². The van der Waals surface area contributed by atoms with Crippen LogP contribution in [0.15, 0.2) is 30.0 Å². The van der Waals surface area contributed by atoms with Crippen molar-refractivity contribution in [3.05, 3.63) is 40.5 Å². The second-order valence-corrected chi connectivity index (χ2v) is 8.66. The first-order valence-corrected chi connectivity index (χ1v) is 9.83. The van der Waals surface area contributed by atoms with Gasteiger partial charge in [-0.1, -0.05) is 13.8 Å². The van der Waals surface area contributed by atoms with Gasteiger partial charge in [0.15, 0.2) is 0 Å². The van der Waals surface area contributed by atoms with E-state index < -0.39 is 0 Å². The maximum atomic E-state index is 12.8. The Kier molecular flexibility index (Phi) is 4.23. The Morgan fingerprint density at radius 2 is 2.28 bits per heavy atom. The normalized spacial score (nSPS) is 25.4. The smallest absolute Gasteiger partial charge is 0.254 e. The van der Waals surface area contributed by atoms with E-state index in [-0.39, 0.29) is 5.91 Å². The topological polar surface area (TPSA) is 58.1 Å². The summed E-state index contributed by atoms with van der Waals surface area (Å²) in [5.41, 5.74) is 1.16. The molecule has 0 aromatic carbocycles. The first-order valence-electron chi connectivity index (χ1n) is 8.95. The van der Waals surface area contributed by atoms with Crippen LogP contribution in [0.1, 0.15) is 54.3 Å². The van der Waals surface area contributed by atoms with Crippen molar-refractivity contribution in [1.82, 2.24) is 14.9 Å². The van der Waals surface area contributed by atoms with Gasteiger partial charge in [-0.05, 0) is 42.7 Å². The van der Waals surface area contributed by atoms with E-state index in [2.05, 4.69) is 35.2 Å². The maximum Gasteiger partial charge on any atom is 0.254 e. The fourth-order valence-corrected chi connectivity index (χ4v) is 4.96. The van der Waals surface area contributed by atoms with E-state index in [9.17, 15) is 4.79 Å². The van der Waals surface area contributed by atoms with Crippen molar-refractivity contribution in [2.75, 3.05) is 18.4 Å². The summed E-state index contributed by atoms with van der Waals surface area (Å²) in [6.45, 7) is 6.11. The molecule has 2 aromatic rings. The van der Waals surface area contributed by atoms with Gasteiger partial charge in [-0.2, -0.15) is 0 Å². The number of amides is 1. The Bertz CT molecular complexity index is 752. The second kappa shape index (κ2) is 6.41. The van der Waals surface area contributed by atoms with Crippen molar-refractivity contribution < 1.29 is 4.79 Å². The third-order valence-electron chi connectivity index (χ3n) is 5.45. The molecule has 1 N–H and O–H groups in total. The van der Waals surface area contributed by atoms with Crippen LogP contribution in [0, 0.1) is 5.41 Å². The predicted molar refractivity (Wildman–Crippen MR) is 100 cm³/mol. The van der Waals surface area contributed by atoms with E-state index in [1.807, 2.05) is 16.3 Å². The van der Waals surface area contributed by atoms with Gasteiger partial charge in [0.1, 0.15) is 12.1 Å². The van der Waals surface area contributed by atoms with Crippen LogP contribution in [0.3, 0.4) is 0 Å². The number of hydrogen-bond donors (Lipinski definition) is 1. The van der Waals surface area contributed by atoms with E-state index in [4.69, 9.17) is 0 Å². The summed E-state index contributed by atoms with van der Waals surface area (Å²) < 4.78 is 0. The van der Waals surface area contributed by atoms with Gasteiger partial charge < -0.3 is 10.2 Å². The molecular weight excluding hydrogens is 332 g/mol. The number of anilines is 1. The second-order valence-electron chi connectivity index (χ2n) is 7.71. The lowest BCUT2D eigenvalue weighted by atomic mass is 9.65. The number of carbonyl (C=O) groups excluding carboxylic acids is 1. The predicted octanol–water partition coefficient (Wildman–Crippen LogP) is 3.77. The van der Waals surface area contributed by atoms with E-state index in [0.717, 1.165) is 43.7 Å².